The van der Waals surface area contributed by atoms with E-state index in [4.69, 9.17) is 0 Å². The Labute approximate surface area is 117 Å². The van der Waals surface area contributed by atoms with E-state index in [1.165, 1.54) is 12.1 Å². The predicted molar refractivity (Wildman–Crippen MR) is 61.5 cm³/mol. The SMILES string of the molecule is O=[N+]([O-])c1cc(COCC(F)(F)C(F)(F)F)ccc1Br. The second-order valence-electron chi connectivity index (χ2n) is 3.74. The Morgan fingerprint density at radius 1 is 1.25 bits per heavy atom. The van der Waals surface area contributed by atoms with Gasteiger partial charge in [-0.25, -0.2) is 0 Å². The fourth-order valence-corrected chi connectivity index (χ4v) is 1.56. The van der Waals surface area contributed by atoms with Gasteiger partial charge in [0.25, 0.3) is 5.69 Å². The van der Waals surface area contributed by atoms with E-state index < -0.39 is 30.2 Å². The molecule has 0 aliphatic rings. The summed E-state index contributed by atoms with van der Waals surface area (Å²) in [5.74, 6) is -4.96. The van der Waals surface area contributed by atoms with Crippen LogP contribution in [-0.2, 0) is 11.3 Å². The Bertz CT molecular complexity index is 506. The van der Waals surface area contributed by atoms with Crippen molar-refractivity contribution in [1.82, 2.24) is 0 Å². The maximum Gasteiger partial charge on any atom is 0.455 e. The summed E-state index contributed by atoms with van der Waals surface area (Å²) in [4.78, 5) is 9.88. The number of benzene rings is 1. The summed E-state index contributed by atoms with van der Waals surface area (Å²) in [6.45, 7) is -2.44. The first kappa shape index (κ1) is 16.8. The third kappa shape index (κ3) is 4.10. The number of alkyl halides is 5. The normalized spacial score (nSPS) is 12.5. The minimum atomic E-state index is -5.70. The van der Waals surface area contributed by atoms with Gasteiger partial charge in [0.1, 0.15) is 6.61 Å². The molecule has 0 unspecified atom stereocenters. The van der Waals surface area contributed by atoms with Gasteiger partial charge in [-0.05, 0) is 27.6 Å². The maximum atomic E-state index is 12.5. The molecule has 0 saturated heterocycles. The third-order valence-electron chi connectivity index (χ3n) is 2.17. The molecule has 4 nitrogen and oxygen atoms in total. The van der Waals surface area contributed by atoms with Crippen molar-refractivity contribution >= 4 is 21.6 Å². The van der Waals surface area contributed by atoms with Crippen LogP contribution in [0, 0.1) is 10.1 Å². The molecule has 0 aliphatic heterocycles. The van der Waals surface area contributed by atoms with Crippen molar-refractivity contribution in [3.63, 3.8) is 0 Å². The van der Waals surface area contributed by atoms with E-state index in [2.05, 4.69) is 20.7 Å². The molecule has 0 aromatic heterocycles. The van der Waals surface area contributed by atoms with Crippen LogP contribution in [0.4, 0.5) is 27.6 Å². The highest BCUT2D eigenvalue weighted by Gasteiger charge is 2.57. The van der Waals surface area contributed by atoms with Crippen molar-refractivity contribution < 1.29 is 31.6 Å². The zero-order valence-electron chi connectivity index (χ0n) is 9.59. The molecule has 10 heteroatoms. The number of hydrogen-bond donors (Lipinski definition) is 0. The van der Waals surface area contributed by atoms with Crippen LogP contribution >= 0.6 is 15.9 Å². The molecule has 0 fully saturated rings. The second kappa shape index (κ2) is 6.00. The first-order valence-electron chi connectivity index (χ1n) is 5.00. The van der Waals surface area contributed by atoms with Crippen LogP contribution in [0.25, 0.3) is 0 Å². The lowest BCUT2D eigenvalue weighted by Crippen LogP contribution is -2.40. The van der Waals surface area contributed by atoms with Gasteiger partial charge < -0.3 is 4.74 Å². The first-order valence-corrected chi connectivity index (χ1v) is 5.79. The first-order chi connectivity index (χ1) is 9.04. The molecule has 0 heterocycles. The quantitative estimate of drug-likeness (QED) is 0.450. The predicted octanol–water partition coefficient (Wildman–Crippen LogP) is 4.07. The van der Waals surface area contributed by atoms with Crippen LogP contribution in [-0.4, -0.2) is 23.6 Å². The van der Waals surface area contributed by atoms with Crippen molar-refractivity contribution in [2.45, 2.75) is 18.7 Å². The molecule has 0 atom stereocenters. The highest BCUT2D eigenvalue weighted by Crippen LogP contribution is 2.35. The molecule has 0 aliphatic carbocycles. The van der Waals surface area contributed by atoms with Gasteiger partial charge in [0.15, 0.2) is 0 Å². The minimum absolute atomic E-state index is 0.109. The van der Waals surface area contributed by atoms with Crippen LogP contribution < -0.4 is 0 Å². The highest BCUT2D eigenvalue weighted by molar-refractivity contribution is 9.10. The Morgan fingerprint density at radius 3 is 2.35 bits per heavy atom. The monoisotopic (exact) mass is 363 g/mol. The summed E-state index contributed by atoms with van der Waals surface area (Å²) < 4.78 is 65.1. The highest BCUT2D eigenvalue weighted by atomic mass is 79.9. The van der Waals surface area contributed by atoms with E-state index in [9.17, 15) is 32.1 Å². The summed E-state index contributed by atoms with van der Waals surface area (Å²) in [6.07, 6.45) is -5.70. The van der Waals surface area contributed by atoms with Gasteiger partial charge in [-0.1, -0.05) is 6.07 Å². The smallest absolute Gasteiger partial charge is 0.370 e. The zero-order valence-corrected chi connectivity index (χ0v) is 11.2. The lowest BCUT2D eigenvalue weighted by molar-refractivity contribution is -0.385. The number of nitrogens with zero attached hydrogens (tertiary/aromatic N) is 1. The van der Waals surface area contributed by atoms with Gasteiger partial charge >= 0.3 is 12.1 Å². The molecule has 0 amide bonds. The van der Waals surface area contributed by atoms with Gasteiger partial charge in [0, 0.05) is 6.07 Å². The van der Waals surface area contributed by atoms with Crippen molar-refractivity contribution in [2.75, 3.05) is 6.61 Å². The molecule has 0 spiro atoms. The lowest BCUT2D eigenvalue weighted by atomic mass is 10.2. The van der Waals surface area contributed by atoms with Crippen molar-refractivity contribution in [1.29, 1.82) is 0 Å². The largest absolute Gasteiger partial charge is 0.455 e. The summed E-state index contributed by atoms with van der Waals surface area (Å²) in [6, 6.07) is 3.61. The molecule has 112 valence electrons. The second-order valence-corrected chi connectivity index (χ2v) is 4.59. The van der Waals surface area contributed by atoms with Crippen LogP contribution in [0.3, 0.4) is 0 Å². The number of hydrogen-bond acceptors (Lipinski definition) is 3. The Balaban J connectivity index is 2.68. The summed E-state index contributed by atoms with van der Waals surface area (Å²) in [7, 11) is 0. The van der Waals surface area contributed by atoms with Gasteiger partial charge in [-0.15, -0.1) is 0 Å². The van der Waals surface area contributed by atoms with Crippen LogP contribution in [0.2, 0.25) is 0 Å². The van der Waals surface area contributed by atoms with Crippen molar-refractivity contribution in [3.8, 4) is 0 Å². The molecule has 0 N–H and O–H groups in total. The summed E-state index contributed by atoms with van der Waals surface area (Å²) in [5, 5.41) is 10.6. The molecule has 1 aromatic carbocycles. The standard InChI is InChI=1S/C10H7BrF5NO3/c11-7-2-1-6(3-8(7)17(18)19)4-20-5-9(12,13)10(14,15)16/h1-3H,4-5H2. The number of halogens is 6. The molecular formula is C10H7BrF5NO3. The zero-order chi connectivity index (χ0) is 15.6. The van der Waals surface area contributed by atoms with Crippen LogP contribution in [0.1, 0.15) is 5.56 Å². The van der Waals surface area contributed by atoms with Crippen LogP contribution in [0.15, 0.2) is 22.7 Å². The number of ether oxygens (including phenoxy) is 1. The fourth-order valence-electron chi connectivity index (χ4n) is 1.17. The molecular weight excluding hydrogens is 357 g/mol. The van der Waals surface area contributed by atoms with Gasteiger partial charge in [-0.2, -0.15) is 22.0 Å². The Morgan fingerprint density at radius 2 is 1.85 bits per heavy atom. The summed E-state index contributed by atoms with van der Waals surface area (Å²) >= 11 is 2.91. The van der Waals surface area contributed by atoms with E-state index in [-0.39, 0.29) is 15.7 Å². The van der Waals surface area contributed by atoms with Crippen LogP contribution in [0.5, 0.6) is 0 Å². The Hall–Kier alpha value is -1.29. The number of nitro benzene ring substituents is 1. The molecule has 1 rings (SSSR count). The Kier molecular flexibility index (Phi) is 5.03. The molecule has 0 saturated carbocycles. The van der Waals surface area contributed by atoms with Gasteiger partial charge in [-0.3, -0.25) is 10.1 Å². The van der Waals surface area contributed by atoms with Crippen molar-refractivity contribution in [3.05, 3.63) is 38.3 Å². The average molecular weight is 364 g/mol. The summed E-state index contributed by atoms with van der Waals surface area (Å²) in [5.41, 5.74) is -0.230. The third-order valence-corrected chi connectivity index (χ3v) is 2.84. The molecule has 0 bridgehead atoms. The van der Waals surface area contributed by atoms with Gasteiger partial charge in [0.2, 0.25) is 0 Å². The fraction of sp³-hybridized carbons (Fsp3) is 0.400. The van der Waals surface area contributed by atoms with Crippen molar-refractivity contribution in [2.24, 2.45) is 0 Å². The van der Waals surface area contributed by atoms with E-state index >= 15 is 0 Å². The minimum Gasteiger partial charge on any atom is -0.370 e. The average Bonchev–Trinajstić information content (AvgIpc) is 2.29. The van der Waals surface area contributed by atoms with E-state index in [1.54, 1.807) is 0 Å². The molecule has 1 aromatic rings. The number of rotatable bonds is 5. The van der Waals surface area contributed by atoms with E-state index in [0.717, 1.165) is 6.07 Å². The van der Waals surface area contributed by atoms with E-state index in [0.29, 0.717) is 0 Å². The topological polar surface area (TPSA) is 52.4 Å². The van der Waals surface area contributed by atoms with E-state index in [1.807, 2.05) is 0 Å². The lowest BCUT2D eigenvalue weighted by Gasteiger charge is -2.19. The maximum absolute atomic E-state index is 12.5. The number of nitro groups is 1. The van der Waals surface area contributed by atoms with Gasteiger partial charge in [0.05, 0.1) is 16.0 Å². The molecule has 0 radical (unpaired) electrons. The molecule has 20 heavy (non-hydrogen) atoms.